The molecule has 4 unspecified atom stereocenters. The van der Waals surface area contributed by atoms with Gasteiger partial charge in [-0.1, -0.05) is 67.2 Å². The van der Waals surface area contributed by atoms with Crippen LogP contribution in [0.4, 0.5) is 0 Å². The van der Waals surface area contributed by atoms with E-state index in [-0.39, 0.29) is 22.0 Å². The topological polar surface area (TPSA) is 18.5 Å². The molecule has 2 aliphatic rings. The van der Waals surface area contributed by atoms with Crippen molar-refractivity contribution in [2.24, 2.45) is 22.7 Å². The lowest BCUT2D eigenvalue weighted by Gasteiger charge is -2.51. The molecule has 0 amide bonds. The highest BCUT2D eigenvalue weighted by molar-refractivity contribution is 4.96. The number of hydrogen-bond donors (Lipinski definition) is 0. The predicted molar refractivity (Wildman–Crippen MR) is 102 cm³/mol. The molecule has 0 spiro atoms. The normalized spacial score (nSPS) is 39.0. The average Bonchev–Trinajstić information content (AvgIpc) is 2.44. The molecule has 0 bridgehead atoms. The predicted octanol–water partition coefficient (Wildman–Crippen LogP) is 6.92. The third-order valence-electron chi connectivity index (χ3n) is 6.82. The standard InChI is InChI=1S/C22H42O2/c1-19(2,3)17-13-9-11-15-21(17,7)23-24-22(8)16-12-10-14-18(22)20(4,5)6/h17-18H,9-16H2,1-8H3. The summed E-state index contributed by atoms with van der Waals surface area (Å²) in [6.45, 7) is 18.7. The van der Waals surface area contributed by atoms with Crippen LogP contribution in [-0.2, 0) is 9.78 Å². The maximum absolute atomic E-state index is 6.38. The largest absolute Gasteiger partial charge is 0.229 e. The molecule has 0 aliphatic heterocycles. The summed E-state index contributed by atoms with van der Waals surface area (Å²) in [4.78, 5) is 12.8. The quantitative estimate of drug-likeness (QED) is 0.410. The molecule has 0 heterocycles. The van der Waals surface area contributed by atoms with E-state index in [1.165, 1.54) is 38.5 Å². The molecular weight excluding hydrogens is 296 g/mol. The Morgan fingerprint density at radius 2 is 0.958 bits per heavy atom. The fraction of sp³-hybridized carbons (Fsp3) is 1.00. The molecule has 0 aromatic carbocycles. The third kappa shape index (κ3) is 4.36. The highest BCUT2D eigenvalue weighted by atomic mass is 17.2. The smallest absolute Gasteiger partial charge is 0.104 e. The summed E-state index contributed by atoms with van der Waals surface area (Å²) in [6.07, 6.45) is 9.89. The van der Waals surface area contributed by atoms with Gasteiger partial charge >= 0.3 is 0 Å². The maximum Gasteiger partial charge on any atom is 0.104 e. The van der Waals surface area contributed by atoms with Crippen LogP contribution in [0.15, 0.2) is 0 Å². The Bertz CT molecular complexity index is 377. The van der Waals surface area contributed by atoms with E-state index in [2.05, 4.69) is 55.4 Å². The summed E-state index contributed by atoms with van der Waals surface area (Å²) in [7, 11) is 0. The van der Waals surface area contributed by atoms with Gasteiger partial charge in [-0.25, -0.2) is 9.78 Å². The monoisotopic (exact) mass is 338 g/mol. The number of rotatable bonds is 3. The molecule has 0 aromatic heterocycles. The zero-order valence-electron chi connectivity index (χ0n) is 17.6. The van der Waals surface area contributed by atoms with Gasteiger partial charge < -0.3 is 0 Å². The minimum absolute atomic E-state index is 0.153. The van der Waals surface area contributed by atoms with Crippen molar-refractivity contribution in [2.45, 2.75) is 118 Å². The third-order valence-corrected chi connectivity index (χ3v) is 6.82. The van der Waals surface area contributed by atoms with Crippen LogP contribution < -0.4 is 0 Å². The summed E-state index contributed by atoms with van der Waals surface area (Å²) >= 11 is 0. The second-order valence-electron chi connectivity index (χ2n) is 11.1. The van der Waals surface area contributed by atoms with Crippen LogP contribution in [-0.4, -0.2) is 11.2 Å². The van der Waals surface area contributed by atoms with Crippen molar-refractivity contribution in [3.8, 4) is 0 Å². The van der Waals surface area contributed by atoms with Crippen molar-refractivity contribution in [2.75, 3.05) is 0 Å². The Kier molecular flexibility index (Phi) is 5.83. The van der Waals surface area contributed by atoms with E-state index in [1.807, 2.05) is 0 Å². The molecule has 2 fully saturated rings. The Hall–Kier alpha value is -0.0800. The fourth-order valence-electron chi connectivity index (χ4n) is 5.70. The van der Waals surface area contributed by atoms with Gasteiger partial charge in [0, 0.05) is 0 Å². The molecule has 2 aliphatic carbocycles. The summed E-state index contributed by atoms with van der Waals surface area (Å²) < 4.78 is 0. The molecule has 0 N–H and O–H groups in total. The van der Waals surface area contributed by atoms with Gasteiger partial charge in [0.1, 0.15) is 11.2 Å². The van der Waals surface area contributed by atoms with Gasteiger partial charge in [0.05, 0.1) is 0 Å². The summed E-state index contributed by atoms with van der Waals surface area (Å²) in [5.74, 6) is 1.11. The van der Waals surface area contributed by atoms with E-state index in [9.17, 15) is 0 Å². The van der Waals surface area contributed by atoms with Crippen LogP contribution in [0.3, 0.4) is 0 Å². The lowest BCUT2D eigenvalue weighted by atomic mass is 9.64. The Labute approximate surface area is 151 Å². The first kappa shape index (κ1) is 20.2. The maximum atomic E-state index is 6.38. The Morgan fingerprint density at radius 3 is 1.25 bits per heavy atom. The SMILES string of the molecule is CC(C)(C)C1CCCCC1(C)OOC1(C)CCCCC1C(C)(C)C. The van der Waals surface area contributed by atoms with Crippen molar-refractivity contribution in [3.05, 3.63) is 0 Å². The highest BCUT2D eigenvalue weighted by Gasteiger charge is 2.49. The van der Waals surface area contributed by atoms with Gasteiger partial charge in [-0.2, -0.15) is 0 Å². The van der Waals surface area contributed by atoms with Crippen LogP contribution in [0.5, 0.6) is 0 Å². The summed E-state index contributed by atoms with van der Waals surface area (Å²) in [5.41, 5.74) is 0.212. The van der Waals surface area contributed by atoms with Crippen LogP contribution in [0.1, 0.15) is 107 Å². The van der Waals surface area contributed by atoms with Crippen LogP contribution in [0.25, 0.3) is 0 Å². The van der Waals surface area contributed by atoms with E-state index < -0.39 is 0 Å². The van der Waals surface area contributed by atoms with Gasteiger partial charge in [-0.3, -0.25) is 0 Å². The molecule has 2 rings (SSSR count). The zero-order valence-corrected chi connectivity index (χ0v) is 17.6. The van der Waals surface area contributed by atoms with Crippen molar-refractivity contribution in [3.63, 3.8) is 0 Å². The van der Waals surface area contributed by atoms with E-state index in [1.54, 1.807) is 0 Å². The lowest BCUT2D eigenvalue weighted by Crippen LogP contribution is -2.52. The molecule has 2 heteroatoms. The van der Waals surface area contributed by atoms with Crippen molar-refractivity contribution in [1.82, 2.24) is 0 Å². The first-order valence-electron chi connectivity index (χ1n) is 10.3. The fourth-order valence-corrected chi connectivity index (χ4v) is 5.70. The van der Waals surface area contributed by atoms with Gasteiger partial charge in [0.25, 0.3) is 0 Å². The van der Waals surface area contributed by atoms with Gasteiger partial charge in [0.2, 0.25) is 0 Å². The number of hydrogen-bond acceptors (Lipinski definition) is 2. The van der Waals surface area contributed by atoms with E-state index >= 15 is 0 Å². The zero-order chi connectivity index (χ0) is 18.2. The second kappa shape index (κ2) is 6.91. The van der Waals surface area contributed by atoms with E-state index in [4.69, 9.17) is 9.78 Å². The molecule has 2 nitrogen and oxygen atoms in total. The van der Waals surface area contributed by atoms with Crippen LogP contribution >= 0.6 is 0 Å². The lowest BCUT2D eigenvalue weighted by molar-refractivity contribution is -0.439. The minimum atomic E-state index is -0.153. The summed E-state index contributed by atoms with van der Waals surface area (Å²) in [6, 6.07) is 0. The Morgan fingerprint density at radius 1 is 0.625 bits per heavy atom. The minimum Gasteiger partial charge on any atom is -0.229 e. The first-order valence-corrected chi connectivity index (χ1v) is 10.3. The molecule has 0 saturated heterocycles. The average molecular weight is 339 g/mol. The van der Waals surface area contributed by atoms with Crippen molar-refractivity contribution < 1.29 is 9.78 Å². The van der Waals surface area contributed by atoms with Crippen molar-refractivity contribution in [1.29, 1.82) is 0 Å². The molecule has 4 atom stereocenters. The molecule has 0 aromatic rings. The van der Waals surface area contributed by atoms with Crippen molar-refractivity contribution >= 4 is 0 Å². The second-order valence-corrected chi connectivity index (χ2v) is 11.1. The van der Waals surface area contributed by atoms with Crippen LogP contribution in [0, 0.1) is 22.7 Å². The van der Waals surface area contributed by atoms with E-state index in [0.29, 0.717) is 11.8 Å². The van der Waals surface area contributed by atoms with E-state index in [0.717, 1.165) is 12.8 Å². The van der Waals surface area contributed by atoms with Gasteiger partial charge in [0.15, 0.2) is 0 Å². The molecule has 24 heavy (non-hydrogen) atoms. The first-order chi connectivity index (χ1) is 10.9. The molecule has 0 radical (unpaired) electrons. The highest BCUT2D eigenvalue weighted by Crippen LogP contribution is 2.50. The Balaban J connectivity index is 2.14. The van der Waals surface area contributed by atoms with Crippen LogP contribution in [0.2, 0.25) is 0 Å². The molecular formula is C22H42O2. The molecule has 142 valence electrons. The summed E-state index contributed by atoms with van der Waals surface area (Å²) in [5, 5.41) is 0. The molecule has 2 saturated carbocycles. The van der Waals surface area contributed by atoms with Gasteiger partial charge in [-0.05, 0) is 62.2 Å². The van der Waals surface area contributed by atoms with Gasteiger partial charge in [-0.15, -0.1) is 0 Å².